The van der Waals surface area contributed by atoms with Gasteiger partial charge in [0.25, 0.3) is 11.2 Å². The number of nitrogens with one attached hydrogen (secondary N) is 1. The molecule has 0 aliphatic rings. The summed E-state index contributed by atoms with van der Waals surface area (Å²) in [5.74, 6) is -0.420. The number of hydrogen-bond acceptors (Lipinski definition) is 6. The molecule has 1 aromatic carbocycles. The van der Waals surface area contributed by atoms with Gasteiger partial charge in [0.1, 0.15) is 11.6 Å². The largest absolute Gasteiger partial charge is 0.348 e. The van der Waals surface area contributed by atoms with Crippen LogP contribution in [0.2, 0.25) is 0 Å². The van der Waals surface area contributed by atoms with Crippen LogP contribution in [0.4, 0.5) is 5.69 Å². The highest BCUT2D eigenvalue weighted by Gasteiger charge is 2.11. The van der Waals surface area contributed by atoms with Gasteiger partial charge >= 0.3 is 0 Å². The van der Waals surface area contributed by atoms with Crippen LogP contribution < -0.4 is 10.9 Å². The molecule has 2 heterocycles. The van der Waals surface area contributed by atoms with Crippen LogP contribution >= 0.6 is 11.3 Å². The van der Waals surface area contributed by atoms with Gasteiger partial charge in [0.05, 0.1) is 27.9 Å². The van der Waals surface area contributed by atoms with E-state index in [9.17, 15) is 19.7 Å². The highest BCUT2D eigenvalue weighted by Crippen LogP contribution is 2.21. The summed E-state index contributed by atoms with van der Waals surface area (Å²) in [5.41, 5.74) is 0.144. The molecule has 0 spiro atoms. The number of fused-ring (bicyclic) bond motifs is 1. The third kappa shape index (κ3) is 3.46. The summed E-state index contributed by atoms with van der Waals surface area (Å²) in [6.07, 6.45) is 1.06. The molecular weight excluding hydrogens is 332 g/mol. The minimum Gasteiger partial charge on any atom is -0.348 e. The minimum absolute atomic E-state index is 0.238. The maximum Gasteiger partial charge on any atom is 0.285 e. The smallest absolute Gasteiger partial charge is 0.285 e. The fraction of sp³-hybridized carbons (Fsp3) is 0.133. The van der Waals surface area contributed by atoms with Crippen molar-refractivity contribution in [2.45, 2.75) is 13.1 Å². The van der Waals surface area contributed by atoms with Crippen molar-refractivity contribution in [2.24, 2.45) is 0 Å². The van der Waals surface area contributed by atoms with Crippen LogP contribution in [0.3, 0.4) is 0 Å². The van der Waals surface area contributed by atoms with Crippen molar-refractivity contribution in [2.75, 3.05) is 0 Å². The van der Waals surface area contributed by atoms with Crippen molar-refractivity contribution in [3.8, 4) is 0 Å². The zero-order chi connectivity index (χ0) is 17.1. The third-order valence-electron chi connectivity index (χ3n) is 3.27. The number of nitrogens with zero attached hydrogens (tertiary/aromatic N) is 3. The van der Waals surface area contributed by atoms with E-state index in [1.807, 2.05) is 24.3 Å². The Hall–Kier alpha value is -3.07. The van der Waals surface area contributed by atoms with Gasteiger partial charge in [-0.15, -0.1) is 11.3 Å². The Morgan fingerprint density at radius 2 is 2.08 bits per heavy atom. The fourth-order valence-electron chi connectivity index (χ4n) is 2.13. The summed E-state index contributed by atoms with van der Waals surface area (Å²) >= 11 is 1.47. The molecule has 0 aliphatic heterocycles. The SMILES string of the molecule is O=C(Cn1cc([N+](=O)[O-])ccc1=O)NCc1nc2ccccc2s1. The van der Waals surface area contributed by atoms with Crippen molar-refractivity contribution in [1.82, 2.24) is 14.9 Å². The third-order valence-corrected chi connectivity index (χ3v) is 4.30. The summed E-state index contributed by atoms with van der Waals surface area (Å²) in [5, 5.41) is 14.1. The van der Waals surface area contributed by atoms with Crippen LogP contribution in [-0.4, -0.2) is 20.4 Å². The number of carbonyl (C=O) groups is 1. The van der Waals surface area contributed by atoms with Gasteiger partial charge in [0.15, 0.2) is 0 Å². The van der Waals surface area contributed by atoms with Crippen molar-refractivity contribution in [3.63, 3.8) is 0 Å². The molecule has 0 saturated carbocycles. The molecule has 0 fully saturated rings. The van der Waals surface area contributed by atoms with Gasteiger partial charge in [-0.05, 0) is 12.1 Å². The van der Waals surface area contributed by atoms with E-state index >= 15 is 0 Å². The quantitative estimate of drug-likeness (QED) is 0.560. The first-order chi connectivity index (χ1) is 11.5. The standard InChI is InChI=1S/C15H12N4O4S/c20-13(9-18-8-10(19(22)23)5-6-15(18)21)16-7-14-17-11-3-1-2-4-12(11)24-14/h1-6,8H,7,9H2,(H,16,20). The molecule has 0 atom stereocenters. The number of aromatic nitrogens is 2. The number of rotatable bonds is 5. The lowest BCUT2D eigenvalue weighted by Gasteiger charge is -2.05. The average molecular weight is 344 g/mol. The molecule has 1 N–H and O–H groups in total. The molecule has 2 aromatic heterocycles. The van der Waals surface area contributed by atoms with Crippen LogP contribution in [0.5, 0.6) is 0 Å². The molecule has 3 rings (SSSR count). The topological polar surface area (TPSA) is 107 Å². The van der Waals surface area contributed by atoms with Crippen LogP contribution in [-0.2, 0) is 17.9 Å². The Balaban J connectivity index is 1.66. The minimum atomic E-state index is -0.616. The van der Waals surface area contributed by atoms with E-state index in [-0.39, 0.29) is 18.8 Å². The van der Waals surface area contributed by atoms with Crippen molar-refractivity contribution < 1.29 is 9.72 Å². The maximum absolute atomic E-state index is 12.0. The molecule has 122 valence electrons. The molecule has 9 heteroatoms. The number of para-hydroxylation sites is 1. The normalized spacial score (nSPS) is 10.7. The van der Waals surface area contributed by atoms with Gasteiger partial charge < -0.3 is 5.32 Å². The zero-order valence-electron chi connectivity index (χ0n) is 12.3. The Bertz CT molecular complexity index is 946. The summed E-state index contributed by atoms with van der Waals surface area (Å²) < 4.78 is 2.03. The van der Waals surface area contributed by atoms with E-state index in [1.165, 1.54) is 11.3 Å². The first-order valence-corrected chi connectivity index (χ1v) is 7.80. The highest BCUT2D eigenvalue weighted by atomic mass is 32.1. The van der Waals surface area contributed by atoms with Crippen LogP contribution in [0.25, 0.3) is 10.2 Å². The molecule has 8 nitrogen and oxygen atoms in total. The predicted molar refractivity (Wildman–Crippen MR) is 88.8 cm³/mol. The summed E-state index contributed by atoms with van der Waals surface area (Å²) in [6.45, 7) is -0.0483. The van der Waals surface area contributed by atoms with Crippen LogP contribution in [0, 0.1) is 10.1 Å². The van der Waals surface area contributed by atoms with E-state index in [2.05, 4.69) is 10.3 Å². The Morgan fingerprint density at radius 3 is 2.83 bits per heavy atom. The molecule has 0 bridgehead atoms. The summed E-state index contributed by atoms with van der Waals surface area (Å²) in [4.78, 5) is 38.1. The number of nitro groups is 1. The Morgan fingerprint density at radius 1 is 1.29 bits per heavy atom. The monoisotopic (exact) mass is 344 g/mol. The van der Waals surface area contributed by atoms with Gasteiger partial charge in [-0.25, -0.2) is 4.98 Å². The summed E-state index contributed by atoms with van der Waals surface area (Å²) in [7, 11) is 0. The average Bonchev–Trinajstić information content (AvgIpc) is 2.97. The number of thiazole rings is 1. The van der Waals surface area contributed by atoms with Crippen molar-refractivity contribution in [3.05, 3.63) is 68.1 Å². The fourth-order valence-corrected chi connectivity index (χ4v) is 3.04. The number of pyridine rings is 1. The number of benzene rings is 1. The van der Waals surface area contributed by atoms with E-state index in [0.717, 1.165) is 38.1 Å². The van der Waals surface area contributed by atoms with Crippen molar-refractivity contribution in [1.29, 1.82) is 0 Å². The number of hydrogen-bond donors (Lipinski definition) is 1. The first-order valence-electron chi connectivity index (χ1n) is 6.99. The molecule has 0 aliphatic carbocycles. The van der Waals surface area contributed by atoms with E-state index < -0.39 is 16.4 Å². The number of carbonyl (C=O) groups excluding carboxylic acids is 1. The van der Waals surface area contributed by atoms with Gasteiger partial charge in [0.2, 0.25) is 5.91 Å². The summed E-state index contributed by atoms with van der Waals surface area (Å²) in [6, 6.07) is 9.81. The molecular formula is C15H12N4O4S. The molecule has 1 amide bonds. The van der Waals surface area contributed by atoms with Crippen LogP contribution in [0.15, 0.2) is 47.4 Å². The second kappa shape index (κ2) is 6.59. The maximum atomic E-state index is 12.0. The molecule has 24 heavy (non-hydrogen) atoms. The second-order valence-corrected chi connectivity index (χ2v) is 6.08. The lowest BCUT2D eigenvalue weighted by molar-refractivity contribution is -0.385. The zero-order valence-corrected chi connectivity index (χ0v) is 13.2. The van der Waals surface area contributed by atoms with Gasteiger partial charge in [0, 0.05) is 12.1 Å². The van der Waals surface area contributed by atoms with Crippen LogP contribution in [0.1, 0.15) is 5.01 Å². The lowest BCUT2D eigenvalue weighted by atomic mass is 10.3. The number of amides is 1. The molecule has 0 radical (unpaired) electrons. The van der Waals surface area contributed by atoms with E-state index in [1.54, 1.807) is 0 Å². The molecule has 0 unspecified atom stereocenters. The highest BCUT2D eigenvalue weighted by molar-refractivity contribution is 7.18. The second-order valence-electron chi connectivity index (χ2n) is 4.96. The predicted octanol–water partition coefficient (Wildman–Crippen LogP) is 1.68. The van der Waals surface area contributed by atoms with Gasteiger partial charge in [-0.1, -0.05) is 12.1 Å². The first kappa shape index (κ1) is 15.8. The van der Waals surface area contributed by atoms with E-state index in [4.69, 9.17) is 0 Å². The molecule has 3 aromatic rings. The molecule has 0 saturated heterocycles. The van der Waals surface area contributed by atoms with E-state index in [0.29, 0.717) is 0 Å². The lowest BCUT2D eigenvalue weighted by Crippen LogP contribution is -2.31. The van der Waals surface area contributed by atoms with Crippen molar-refractivity contribution >= 4 is 33.1 Å². The van der Waals surface area contributed by atoms with Gasteiger partial charge in [-0.2, -0.15) is 0 Å². The Labute approximate surface area is 139 Å². The van der Waals surface area contributed by atoms with Gasteiger partial charge in [-0.3, -0.25) is 24.3 Å². The Kier molecular flexibility index (Phi) is 4.34.